The van der Waals surface area contributed by atoms with Crippen molar-refractivity contribution in [2.75, 3.05) is 18.4 Å². The van der Waals surface area contributed by atoms with Gasteiger partial charge in [0.2, 0.25) is 0 Å². The molecule has 0 bridgehead atoms. The number of nitrogens with one attached hydrogen (secondary N) is 1. The first kappa shape index (κ1) is 17.4. The van der Waals surface area contributed by atoms with Crippen molar-refractivity contribution in [2.45, 2.75) is 25.4 Å². The molecule has 1 saturated heterocycles. The smallest absolute Gasteiger partial charge is 0.258 e. The molecular weight excluding hydrogens is 340 g/mol. The van der Waals surface area contributed by atoms with Gasteiger partial charge in [0.05, 0.1) is 23.5 Å². The maximum absolute atomic E-state index is 12.4. The van der Waals surface area contributed by atoms with Crippen LogP contribution in [0.5, 0.6) is 0 Å². The van der Waals surface area contributed by atoms with Crippen LogP contribution in [0, 0.1) is 0 Å². The molecule has 1 aliphatic rings. The van der Waals surface area contributed by atoms with Gasteiger partial charge in [-0.25, -0.2) is 4.68 Å². The highest BCUT2D eigenvalue weighted by Crippen LogP contribution is 2.26. The summed E-state index contributed by atoms with van der Waals surface area (Å²) in [5, 5.41) is 7.40. The molecule has 3 aromatic rings. The number of hydrogen-bond acceptors (Lipinski definition) is 5. The zero-order valence-corrected chi connectivity index (χ0v) is 15.0. The van der Waals surface area contributed by atoms with Crippen LogP contribution in [0.25, 0.3) is 0 Å². The monoisotopic (exact) mass is 362 g/mol. The third-order valence-corrected chi connectivity index (χ3v) is 4.85. The summed E-state index contributed by atoms with van der Waals surface area (Å²) >= 11 is 0. The summed E-state index contributed by atoms with van der Waals surface area (Å²) in [4.78, 5) is 23.2. The van der Waals surface area contributed by atoms with Gasteiger partial charge in [0.15, 0.2) is 0 Å². The highest BCUT2D eigenvalue weighted by Gasteiger charge is 2.23. The Morgan fingerprint density at radius 3 is 2.70 bits per heavy atom. The molecule has 1 fully saturated rings. The molecule has 0 atom stereocenters. The summed E-state index contributed by atoms with van der Waals surface area (Å²) in [5.74, 6) is 0.560. The van der Waals surface area contributed by atoms with E-state index in [2.05, 4.69) is 31.3 Å². The Bertz CT molecular complexity index is 872. The van der Waals surface area contributed by atoms with Gasteiger partial charge in [-0.2, -0.15) is 5.10 Å². The summed E-state index contributed by atoms with van der Waals surface area (Å²) < 4.78 is 1.94. The molecule has 1 aliphatic heterocycles. The van der Waals surface area contributed by atoms with Gasteiger partial charge in [0.1, 0.15) is 5.82 Å². The van der Waals surface area contributed by atoms with E-state index in [0.717, 1.165) is 44.0 Å². The predicted molar refractivity (Wildman–Crippen MR) is 102 cm³/mol. The van der Waals surface area contributed by atoms with Crippen LogP contribution in [0.2, 0.25) is 0 Å². The van der Waals surface area contributed by atoms with E-state index in [-0.39, 0.29) is 11.9 Å². The number of likely N-dealkylation sites (tertiary alicyclic amines) is 1. The van der Waals surface area contributed by atoms with Gasteiger partial charge in [0.25, 0.3) is 5.91 Å². The van der Waals surface area contributed by atoms with Gasteiger partial charge < -0.3 is 5.32 Å². The maximum atomic E-state index is 12.4. The van der Waals surface area contributed by atoms with Gasteiger partial charge in [-0.05, 0) is 37.1 Å². The van der Waals surface area contributed by atoms with Crippen LogP contribution >= 0.6 is 0 Å². The molecule has 0 unspecified atom stereocenters. The zero-order chi connectivity index (χ0) is 18.5. The first-order chi connectivity index (χ1) is 13.3. The highest BCUT2D eigenvalue weighted by molar-refractivity contribution is 6.03. The predicted octanol–water partition coefficient (Wildman–Crippen LogP) is 2.76. The van der Waals surface area contributed by atoms with Crippen molar-refractivity contribution in [3.05, 3.63) is 72.4 Å². The van der Waals surface area contributed by atoms with E-state index in [0.29, 0.717) is 5.56 Å². The molecule has 4 heterocycles. The molecule has 0 aromatic carbocycles. The first-order valence-corrected chi connectivity index (χ1v) is 9.17. The van der Waals surface area contributed by atoms with E-state index in [4.69, 9.17) is 0 Å². The number of amides is 1. The lowest BCUT2D eigenvalue weighted by Crippen LogP contribution is -2.35. The van der Waals surface area contributed by atoms with Crippen molar-refractivity contribution in [1.82, 2.24) is 24.6 Å². The van der Waals surface area contributed by atoms with E-state index in [1.807, 2.05) is 29.1 Å². The number of piperidine rings is 1. The lowest BCUT2D eigenvalue weighted by atomic mass is 10.0. The Hall–Kier alpha value is -3.06. The average Bonchev–Trinajstić information content (AvgIpc) is 3.18. The van der Waals surface area contributed by atoms with Gasteiger partial charge in [-0.15, -0.1) is 0 Å². The molecule has 138 valence electrons. The second kappa shape index (κ2) is 8.09. The van der Waals surface area contributed by atoms with Crippen LogP contribution in [0.3, 0.4) is 0 Å². The second-order valence-corrected chi connectivity index (χ2v) is 6.69. The van der Waals surface area contributed by atoms with Gasteiger partial charge in [-0.1, -0.05) is 6.07 Å². The van der Waals surface area contributed by atoms with Gasteiger partial charge in [0, 0.05) is 44.3 Å². The van der Waals surface area contributed by atoms with Crippen LogP contribution in [0.15, 0.2) is 61.2 Å². The van der Waals surface area contributed by atoms with Crippen LogP contribution in [0.1, 0.15) is 34.9 Å². The molecule has 0 aliphatic carbocycles. The topological polar surface area (TPSA) is 75.9 Å². The van der Waals surface area contributed by atoms with E-state index in [9.17, 15) is 4.79 Å². The van der Waals surface area contributed by atoms with Crippen molar-refractivity contribution < 1.29 is 4.79 Å². The van der Waals surface area contributed by atoms with Crippen molar-refractivity contribution >= 4 is 11.7 Å². The van der Waals surface area contributed by atoms with Crippen LogP contribution in [-0.2, 0) is 6.54 Å². The molecule has 4 rings (SSSR count). The number of hydrogen-bond donors (Lipinski definition) is 1. The Labute approximate surface area is 158 Å². The van der Waals surface area contributed by atoms with Crippen molar-refractivity contribution in [3.8, 4) is 0 Å². The number of nitrogens with zero attached hydrogens (tertiary/aromatic N) is 5. The van der Waals surface area contributed by atoms with E-state index in [1.54, 1.807) is 30.7 Å². The quantitative estimate of drug-likeness (QED) is 0.755. The van der Waals surface area contributed by atoms with Gasteiger partial charge >= 0.3 is 0 Å². The minimum Gasteiger partial charge on any atom is -0.307 e. The molecular formula is C20H22N6O. The number of carbonyl (C=O) groups is 1. The fourth-order valence-corrected chi connectivity index (χ4v) is 3.43. The Balaban J connectivity index is 1.37. The summed E-state index contributed by atoms with van der Waals surface area (Å²) in [6, 6.07) is 11.7. The standard InChI is InChI=1S/C20H22N6O/c27-20(16-4-3-9-21-14-16)24-19-6-11-23-26(19)18-7-12-25(13-8-18)15-17-5-1-2-10-22-17/h1-6,9-11,14,18H,7-8,12-13,15H2,(H,24,27). The summed E-state index contributed by atoms with van der Waals surface area (Å²) in [5.41, 5.74) is 1.63. The van der Waals surface area contributed by atoms with Crippen LogP contribution < -0.4 is 5.32 Å². The van der Waals surface area contributed by atoms with E-state index >= 15 is 0 Å². The molecule has 7 heteroatoms. The highest BCUT2D eigenvalue weighted by atomic mass is 16.1. The molecule has 1 N–H and O–H groups in total. The fraction of sp³-hybridized carbons (Fsp3) is 0.300. The Morgan fingerprint density at radius 1 is 1.07 bits per heavy atom. The maximum Gasteiger partial charge on any atom is 0.258 e. The molecule has 7 nitrogen and oxygen atoms in total. The molecule has 0 saturated carbocycles. The average molecular weight is 362 g/mol. The molecule has 27 heavy (non-hydrogen) atoms. The lowest BCUT2D eigenvalue weighted by Gasteiger charge is -2.32. The first-order valence-electron chi connectivity index (χ1n) is 9.17. The van der Waals surface area contributed by atoms with Crippen LogP contribution in [0.4, 0.5) is 5.82 Å². The lowest BCUT2D eigenvalue weighted by molar-refractivity contribution is 0.102. The number of anilines is 1. The summed E-state index contributed by atoms with van der Waals surface area (Å²) in [6.07, 6.45) is 8.77. The summed E-state index contributed by atoms with van der Waals surface area (Å²) in [7, 11) is 0. The Kier molecular flexibility index (Phi) is 5.20. The molecule has 1 amide bonds. The van der Waals surface area contributed by atoms with Crippen molar-refractivity contribution in [1.29, 1.82) is 0 Å². The van der Waals surface area contributed by atoms with E-state index in [1.165, 1.54) is 0 Å². The second-order valence-electron chi connectivity index (χ2n) is 6.69. The number of aromatic nitrogens is 4. The molecule has 3 aromatic heterocycles. The zero-order valence-electron chi connectivity index (χ0n) is 15.0. The normalized spacial score (nSPS) is 15.6. The Morgan fingerprint density at radius 2 is 1.96 bits per heavy atom. The molecule has 0 radical (unpaired) electrons. The third-order valence-electron chi connectivity index (χ3n) is 4.85. The van der Waals surface area contributed by atoms with Crippen molar-refractivity contribution in [2.24, 2.45) is 0 Å². The molecule has 0 spiro atoms. The number of rotatable bonds is 5. The number of pyridine rings is 2. The van der Waals surface area contributed by atoms with E-state index < -0.39 is 0 Å². The summed E-state index contributed by atoms with van der Waals surface area (Å²) in [6.45, 7) is 2.84. The SMILES string of the molecule is O=C(Nc1ccnn1C1CCN(Cc2ccccn2)CC1)c1cccnc1. The largest absolute Gasteiger partial charge is 0.307 e. The van der Waals surface area contributed by atoms with Crippen molar-refractivity contribution in [3.63, 3.8) is 0 Å². The minimum atomic E-state index is -0.169. The van der Waals surface area contributed by atoms with Gasteiger partial charge in [-0.3, -0.25) is 19.7 Å². The van der Waals surface area contributed by atoms with Crippen LogP contribution in [-0.4, -0.2) is 43.6 Å². The third kappa shape index (κ3) is 4.20. The number of carbonyl (C=O) groups excluding carboxylic acids is 1. The fourth-order valence-electron chi connectivity index (χ4n) is 3.43. The minimum absolute atomic E-state index is 0.169.